The summed E-state index contributed by atoms with van der Waals surface area (Å²) in [7, 11) is 1.53. The summed E-state index contributed by atoms with van der Waals surface area (Å²) in [6, 6.07) is 20.4. The maximum Gasteiger partial charge on any atom is 0.416 e. The van der Waals surface area contributed by atoms with Crippen LogP contribution in [-0.2, 0) is 6.18 Å². The highest BCUT2D eigenvalue weighted by Crippen LogP contribution is 2.33. The second-order valence-corrected chi connectivity index (χ2v) is 6.53. The smallest absolute Gasteiger partial charge is 0.416 e. The van der Waals surface area contributed by atoms with Crippen molar-refractivity contribution in [1.82, 2.24) is 4.57 Å². The average Bonchev–Trinajstić information content (AvgIpc) is 2.73. The van der Waals surface area contributed by atoms with E-state index in [2.05, 4.69) is 0 Å². The monoisotopic (exact) mass is 395 g/mol. The lowest BCUT2D eigenvalue weighted by molar-refractivity contribution is -0.137. The van der Waals surface area contributed by atoms with Crippen molar-refractivity contribution in [2.45, 2.75) is 6.18 Å². The van der Waals surface area contributed by atoms with Gasteiger partial charge in [0.05, 0.1) is 23.9 Å². The lowest BCUT2D eigenvalue weighted by Gasteiger charge is -2.19. The molecule has 0 amide bonds. The van der Waals surface area contributed by atoms with Crippen LogP contribution in [0.1, 0.15) is 5.56 Å². The van der Waals surface area contributed by atoms with E-state index < -0.39 is 11.7 Å². The lowest BCUT2D eigenvalue weighted by Crippen LogP contribution is -2.12. The lowest BCUT2D eigenvalue weighted by atomic mass is 10.1. The van der Waals surface area contributed by atoms with Gasteiger partial charge in [-0.15, -0.1) is 0 Å². The second kappa shape index (κ2) is 7.13. The van der Waals surface area contributed by atoms with Crippen LogP contribution in [0.3, 0.4) is 0 Å². The van der Waals surface area contributed by atoms with Gasteiger partial charge in [0.1, 0.15) is 5.75 Å². The Hall–Kier alpha value is -3.54. The highest BCUT2D eigenvalue weighted by atomic mass is 19.4. The van der Waals surface area contributed by atoms with Gasteiger partial charge in [0.15, 0.2) is 5.43 Å². The van der Waals surface area contributed by atoms with E-state index >= 15 is 0 Å². The number of hydrogen-bond donors (Lipinski definition) is 0. The Morgan fingerprint density at radius 3 is 2.38 bits per heavy atom. The van der Waals surface area contributed by atoms with Crippen molar-refractivity contribution in [2.75, 3.05) is 7.11 Å². The Balaban J connectivity index is 2.09. The molecule has 0 radical (unpaired) electrons. The highest BCUT2D eigenvalue weighted by Gasteiger charge is 2.30. The fourth-order valence-electron chi connectivity index (χ4n) is 3.37. The van der Waals surface area contributed by atoms with Gasteiger partial charge in [-0.3, -0.25) is 4.79 Å². The Bertz CT molecular complexity index is 1260. The summed E-state index contributed by atoms with van der Waals surface area (Å²) in [5, 5.41) is 0.427. The minimum atomic E-state index is -4.47. The van der Waals surface area contributed by atoms with Gasteiger partial charge in [-0.2, -0.15) is 13.2 Å². The van der Waals surface area contributed by atoms with Gasteiger partial charge < -0.3 is 9.30 Å². The van der Waals surface area contributed by atoms with E-state index in [9.17, 15) is 18.0 Å². The van der Waals surface area contributed by atoms with Crippen molar-refractivity contribution in [2.24, 2.45) is 0 Å². The van der Waals surface area contributed by atoms with Gasteiger partial charge in [0.25, 0.3) is 0 Å². The molecular formula is C23H16F3NO2. The molecule has 4 aromatic rings. The van der Waals surface area contributed by atoms with Crippen LogP contribution in [0.25, 0.3) is 27.8 Å². The Morgan fingerprint density at radius 1 is 0.862 bits per heavy atom. The number of methoxy groups -OCH3 is 1. The third kappa shape index (κ3) is 3.49. The van der Waals surface area contributed by atoms with Gasteiger partial charge in [0.2, 0.25) is 0 Å². The summed E-state index contributed by atoms with van der Waals surface area (Å²) >= 11 is 0. The molecule has 0 aliphatic rings. The number of fused-ring (bicyclic) bond motifs is 1. The van der Waals surface area contributed by atoms with E-state index in [1.54, 1.807) is 59.2 Å². The van der Waals surface area contributed by atoms with Crippen LogP contribution in [0.15, 0.2) is 83.7 Å². The van der Waals surface area contributed by atoms with Crippen LogP contribution in [0.2, 0.25) is 0 Å². The first-order valence-electron chi connectivity index (χ1n) is 8.85. The average molecular weight is 395 g/mol. The van der Waals surface area contributed by atoms with E-state index in [0.29, 0.717) is 33.6 Å². The van der Waals surface area contributed by atoms with Crippen LogP contribution < -0.4 is 10.2 Å². The Kier molecular flexibility index (Phi) is 4.62. The van der Waals surface area contributed by atoms with Crippen molar-refractivity contribution in [1.29, 1.82) is 0 Å². The number of benzene rings is 3. The van der Waals surface area contributed by atoms with Crippen LogP contribution >= 0.6 is 0 Å². The first-order valence-corrected chi connectivity index (χ1v) is 8.85. The van der Waals surface area contributed by atoms with Crippen LogP contribution in [0.4, 0.5) is 13.2 Å². The van der Waals surface area contributed by atoms with Crippen molar-refractivity contribution in [3.05, 3.63) is 94.6 Å². The summed E-state index contributed by atoms with van der Waals surface area (Å²) in [6.45, 7) is 0. The quantitative estimate of drug-likeness (QED) is 0.447. The van der Waals surface area contributed by atoms with Gasteiger partial charge >= 0.3 is 6.18 Å². The first-order chi connectivity index (χ1) is 13.9. The van der Waals surface area contributed by atoms with Crippen molar-refractivity contribution in [3.8, 4) is 22.7 Å². The largest absolute Gasteiger partial charge is 0.497 e. The van der Waals surface area contributed by atoms with Gasteiger partial charge in [-0.1, -0.05) is 30.3 Å². The molecule has 0 saturated carbocycles. The Morgan fingerprint density at radius 2 is 1.62 bits per heavy atom. The normalized spacial score (nSPS) is 11.6. The SMILES string of the molecule is COc1cccc(-c2cc(=O)c3ccccc3n2-c2cccc(C(F)(F)F)c2)c1. The molecule has 146 valence electrons. The second-order valence-electron chi connectivity index (χ2n) is 6.53. The summed E-state index contributed by atoms with van der Waals surface area (Å²) in [5.74, 6) is 0.582. The number of rotatable bonds is 3. The number of hydrogen-bond acceptors (Lipinski definition) is 2. The standard InChI is InChI=1S/C23H16F3NO2/c1-29-18-9-4-6-15(12-18)21-14-22(28)19-10-2-3-11-20(19)27(21)17-8-5-7-16(13-17)23(24,25)26/h2-14H,1H3. The zero-order valence-electron chi connectivity index (χ0n) is 15.4. The van der Waals surface area contributed by atoms with Crippen LogP contribution in [0, 0.1) is 0 Å². The highest BCUT2D eigenvalue weighted by molar-refractivity contribution is 5.85. The number of ether oxygens (including phenoxy) is 1. The molecule has 1 heterocycles. The van der Waals surface area contributed by atoms with E-state index in [-0.39, 0.29) is 5.43 Å². The molecule has 0 bridgehead atoms. The molecule has 3 aromatic carbocycles. The molecule has 0 spiro atoms. The van der Waals surface area contributed by atoms with Crippen molar-refractivity contribution >= 4 is 10.9 Å². The Labute approximate surface area is 164 Å². The van der Waals surface area contributed by atoms with E-state index in [1.807, 2.05) is 0 Å². The maximum atomic E-state index is 13.3. The van der Waals surface area contributed by atoms with E-state index in [4.69, 9.17) is 4.74 Å². The molecule has 0 atom stereocenters. The predicted molar refractivity (Wildman–Crippen MR) is 107 cm³/mol. The molecule has 0 saturated heterocycles. The van der Waals surface area contributed by atoms with Crippen molar-refractivity contribution < 1.29 is 17.9 Å². The maximum absolute atomic E-state index is 13.3. The minimum absolute atomic E-state index is 0.207. The number of aromatic nitrogens is 1. The molecule has 0 aliphatic heterocycles. The van der Waals surface area contributed by atoms with E-state index in [1.165, 1.54) is 19.2 Å². The zero-order valence-corrected chi connectivity index (χ0v) is 15.4. The van der Waals surface area contributed by atoms with Gasteiger partial charge in [-0.05, 0) is 42.5 Å². The number of para-hydroxylation sites is 1. The number of nitrogens with zero attached hydrogens (tertiary/aromatic N) is 1. The molecule has 0 N–H and O–H groups in total. The fourth-order valence-corrected chi connectivity index (χ4v) is 3.37. The number of pyridine rings is 1. The molecule has 0 unspecified atom stereocenters. The topological polar surface area (TPSA) is 31.2 Å². The molecule has 0 aliphatic carbocycles. The molecule has 6 heteroatoms. The first kappa shape index (κ1) is 18.8. The third-order valence-corrected chi connectivity index (χ3v) is 4.72. The molecule has 1 aromatic heterocycles. The molecule has 4 rings (SSSR count). The van der Waals surface area contributed by atoms with Crippen LogP contribution in [0.5, 0.6) is 5.75 Å². The third-order valence-electron chi connectivity index (χ3n) is 4.72. The fraction of sp³-hybridized carbons (Fsp3) is 0.0870. The number of halogens is 3. The summed E-state index contributed by atoms with van der Waals surface area (Å²) in [5.41, 5.74) is 1.01. The predicted octanol–water partition coefficient (Wildman–Crippen LogP) is 5.69. The van der Waals surface area contributed by atoms with Crippen LogP contribution in [-0.4, -0.2) is 11.7 Å². The molecular weight excluding hydrogens is 379 g/mol. The zero-order chi connectivity index (χ0) is 20.6. The van der Waals surface area contributed by atoms with E-state index in [0.717, 1.165) is 12.1 Å². The van der Waals surface area contributed by atoms with Crippen molar-refractivity contribution in [3.63, 3.8) is 0 Å². The molecule has 0 fully saturated rings. The summed E-state index contributed by atoms with van der Waals surface area (Å²) in [4.78, 5) is 12.7. The molecule has 29 heavy (non-hydrogen) atoms. The number of alkyl halides is 3. The van der Waals surface area contributed by atoms with Gasteiger partial charge in [-0.25, -0.2) is 0 Å². The summed E-state index contributed by atoms with van der Waals surface area (Å²) < 4.78 is 46.9. The van der Waals surface area contributed by atoms with Gasteiger partial charge in [0, 0.05) is 22.7 Å². The molecule has 3 nitrogen and oxygen atoms in total. The minimum Gasteiger partial charge on any atom is -0.497 e. The summed E-state index contributed by atoms with van der Waals surface area (Å²) in [6.07, 6.45) is -4.47.